The molecule has 3 rings (SSSR count). The molecule has 0 aliphatic heterocycles. The fourth-order valence-electron chi connectivity index (χ4n) is 2.20. The molecule has 0 atom stereocenters. The van der Waals surface area contributed by atoms with E-state index in [0.717, 1.165) is 45.7 Å². The normalized spacial score (nSPS) is 10.9. The highest BCUT2D eigenvalue weighted by Gasteiger charge is 2.16. The molecule has 7 heteroatoms. The number of thioether (sulfide) groups is 1. The third kappa shape index (κ3) is 4.28. The number of unbranched alkanes of at least 4 members (excludes halogenated alkanes) is 1. The largest absolute Gasteiger partial charge is 0.355 e. The van der Waals surface area contributed by atoms with E-state index in [0.29, 0.717) is 5.75 Å². The Kier molecular flexibility index (Phi) is 6.12. The molecule has 3 heterocycles. The second-order valence-corrected chi connectivity index (χ2v) is 8.07. The number of H-pyrrole nitrogens is 1. The molecule has 1 amide bonds. The van der Waals surface area contributed by atoms with E-state index in [1.807, 2.05) is 12.1 Å². The second-order valence-electron chi connectivity index (χ2n) is 5.21. The van der Waals surface area contributed by atoms with Gasteiger partial charge in [0.25, 0.3) is 0 Å². The van der Waals surface area contributed by atoms with Crippen LogP contribution in [0.25, 0.3) is 21.1 Å². The van der Waals surface area contributed by atoms with Crippen LogP contribution < -0.4 is 5.32 Å². The molecule has 0 spiro atoms. The van der Waals surface area contributed by atoms with Crippen molar-refractivity contribution < 1.29 is 4.79 Å². The Morgan fingerprint density at radius 3 is 2.67 bits per heavy atom. The molecule has 0 radical (unpaired) electrons. The number of carbonyl (C=O) groups is 1. The first kappa shape index (κ1) is 17.3. The molecule has 0 aliphatic rings. The van der Waals surface area contributed by atoms with Crippen LogP contribution in [0, 0.1) is 0 Å². The van der Waals surface area contributed by atoms with Crippen LogP contribution in [0.2, 0.25) is 0 Å². The van der Waals surface area contributed by atoms with Gasteiger partial charge in [0.05, 0.1) is 21.2 Å². The van der Waals surface area contributed by atoms with Gasteiger partial charge in [0.1, 0.15) is 5.69 Å². The van der Waals surface area contributed by atoms with Gasteiger partial charge < -0.3 is 10.3 Å². The lowest BCUT2D eigenvalue weighted by atomic mass is 10.2. The smallest absolute Gasteiger partial charge is 0.230 e. The van der Waals surface area contributed by atoms with Crippen molar-refractivity contribution in [2.75, 3.05) is 12.3 Å². The van der Waals surface area contributed by atoms with Crippen LogP contribution in [0.5, 0.6) is 0 Å². The summed E-state index contributed by atoms with van der Waals surface area (Å²) < 4.78 is 0. The van der Waals surface area contributed by atoms with Gasteiger partial charge in [-0.1, -0.05) is 37.2 Å². The van der Waals surface area contributed by atoms with Crippen molar-refractivity contribution in [1.29, 1.82) is 0 Å². The zero-order valence-electron chi connectivity index (χ0n) is 13.4. The molecule has 0 aliphatic carbocycles. The first-order valence-electron chi connectivity index (χ1n) is 7.85. The SMILES string of the molecule is CCCCNC(=O)CSc1nc(-c2cccs2)c(-c2cccs2)[nH]1. The third-order valence-corrected chi connectivity index (χ3v) is 6.03. The molecule has 3 aromatic heterocycles. The van der Waals surface area contributed by atoms with E-state index in [2.05, 4.69) is 40.1 Å². The molecule has 0 bridgehead atoms. The summed E-state index contributed by atoms with van der Waals surface area (Å²) in [6.45, 7) is 2.86. The standard InChI is InChI=1S/C17H19N3OS3/c1-2-3-8-18-14(21)11-24-17-19-15(12-6-4-9-22-12)16(20-17)13-7-5-10-23-13/h4-7,9-10H,2-3,8,11H2,1H3,(H,18,21)(H,19,20). The predicted octanol–water partition coefficient (Wildman–Crippen LogP) is 4.88. The van der Waals surface area contributed by atoms with Crippen molar-refractivity contribution >= 4 is 40.3 Å². The Hall–Kier alpha value is -1.57. The number of rotatable bonds is 8. The first-order valence-corrected chi connectivity index (χ1v) is 10.6. The van der Waals surface area contributed by atoms with E-state index in [1.165, 1.54) is 11.8 Å². The molecular weight excluding hydrogens is 358 g/mol. The van der Waals surface area contributed by atoms with Gasteiger partial charge in [0.2, 0.25) is 5.91 Å². The van der Waals surface area contributed by atoms with Gasteiger partial charge in [0.15, 0.2) is 5.16 Å². The van der Waals surface area contributed by atoms with Crippen LogP contribution in [0.1, 0.15) is 19.8 Å². The Morgan fingerprint density at radius 1 is 1.25 bits per heavy atom. The summed E-state index contributed by atoms with van der Waals surface area (Å²) in [6, 6.07) is 8.22. The molecule has 3 aromatic rings. The maximum Gasteiger partial charge on any atom is 0.230 e. The molecule has 4 nitrogen and oxygen atoms in total. The van der Waals surface area contributed by atoms with Crippen molar-refractivity contribution in [2.45, 2.75) is 24.9 Å². The molecule has 0 saturated carbocycles. The zero-order valence-corrected chi connectivity index (χ0v) is 15.8. The van der Waals surface area contributed by atoms with Gasteiger partial charge >= 0.3 is 0 Å². The van der Waals surface area contributed by atoms with E-state index in [4.69, 9.17) is 4.98 Å². The van der Waals surface area contributed by atoms with Crippen LogP contribution >= 0.6 is 34.4 Å². The third-order valence-electron chi connectivity index (χ3n) is 3.40. The van der Waals surface area contributed by atoms with E-state index < -0.39 is 0 Å². The first-order chi connectivity index (χ1) is 11.8. The molecule has 126 valence electrons. The summed E-state index contributed by atoms with van der Waals surface area (Å²) >= 11 is 4.80. The second kappa shape index (κ2) is 8.50. The topological polar surface area (TPSA) is 57.8 Å². The predicted molar refractivity (Wildman–Crippen MR) is 104 cm³/mol. The highest BCUT2D eigenvalue weighted by molar-refractivity contribution is 7.99. The Labute approximate surface area is 153 Å². The number of hydrogen-bond acceptors (Lipinski definition) is 5. The lowest BCUT2D eigenvalue weighted by molar-refractivity contribution is -0.118. The van der Waals surface area contributed by atoms with Crippen LogP contribution in [-0.4, -0.2) is 28.2 Å². The summed E-state index contributed by atoms with van der Waals surface area (Å²) in [6.07, 6.45) is 2.10. The number of aromatic amines is 1. The van der Waals surface area contributed by atoms with Crippen molar-refractivity contribution in [3.63, 3.8) is 0 Å². The molecule has 0 fully saturated rings. The lowest BCUT2D eigenvalue weighted by Gasteiger charge is -2.02. The van der Waals surface area contributed by atoms with Crippen molar-refractivity contribution in [3.8, 4) is 21.1 Å². The maximum absolute atomic E-state index is 11.9. The average molecular weight is 378 g/mol. The van der Waals surface area contributed by atoms with Gasteiger partial charge in [-0.3, -0.25) is 4.79 Å². The molecular formula is C17H19N3OS3. The van der Waals surface area contributed by atoms with Gasteiger partial charge in [0, 0.05) is 6.54 Å². The van der Waals surface area contributed by atoms with E-state index >= 15 is 0 Å². The fraction of sp³-hybridized carbons (Fsp3) is 0.294. The number of imidazole rings is 1. The Morgan fingerprint density at radius 2 is 2.00 bits per heavy atom. The summed E-state index contributed by atoms with van der Waals surface area (Å²) in [7, 11) is 0. The number of amides is 1. The molecule has 0 aromatic carbocycles. The minimum Gasteiger partial charge on any atom is -0.355 e. The minimum absolute atomic E-state index is 0.0557. The molecule has 24 heavy (non-hydrogen) atoms. The molecule has 0 unspecified atom stereocenters. The quantitative estimate of drug-likeness (QED) is 0.435. The number of nitrogens with zero attached hydrogens (tertiary/aromatic N) is 1. The highest BCUT2D eigenvalue weighted by atomic mass is 32.2. The number of aromatic nitrogens is 2. The summed E-state index contributed by atoms with van der Waals surface area (Å²) in [4.78, 5) is 22.3. The van der Waals surface area contributed by atoms with Gasteiger partial charge in [-0.05, 0) is 29.3 Å². The number of carbonyl (C=O) groups excluding carboxylic acids is 1. The average Bonchev–Trinajstić information content (AvgIpc) is 3.32. The number of nitrogens with one attached hydrogen (secondary N) is 2. The zero-order chi connectivity index (χ0) is 16.8. The monoisotopic (exact) mass is 377 g/mol. The van der Waals surface area contributed by atoms with E-state index in [1.54, 1.807) is 22.7 Å². The number of hydrogen-bond donors (Lipinski definition) is 2. The minimum atomic E-state index is 0.0557. The van der Waals surface area contributed by atoms with Crippen LogP contribution in [0.4, 0.5) is 0 Å². The highest BCUT2D eigenvalue weighted by Crippen LogP contribution is 2.36. The number of thiophene rings is 2. The van der Waals surface area contributed by atoms with Gasteiger partial charge in [-0.25, -0.2) is 4.98 Å². The van der Waals surface area contributed by atoms with Gasteiger partial charge in [-0.2, -0.15) is 0 Å². The van der Waals surface area contributed by atoms with Gasteiger partial charge in [-0.15, -0.1) is 22.7 Å². The van der Waals surface area contributed by atoms with Crippen molar-refractivity contribution in [2.24, 2.45) is 0 Å². The summed E-state index contributed by atoms with van der Waals surface area (Å²) in [5.41, 5.74) is 1.99. The fourth-order valence-corrected chi connectivity index (χ4v) is 4.35. The molecule has 2 N–H and O–H groups in total. The Bertz CT molecular complexity index is 711. The summed E-state index contributed by atoms with van der Waals surface area (Å²) in [5, 5.41) is 7.83. The van der Waals surface area contributed by atoms with E-state index in [9.17, 15) is 4.79 Å². The van der Waals surface area contributed by atoms with E-state index in [-0.39, 0.29) is 5.91 Å². The Balaban J connectivity index is 1.73. The maximum atomic E-state index is 11.9. The van der Waals surface area contributed by atoms with Crippen LogP contribution in [-0.2, 0) is 4.79 Å². The van der Waals surface area contributed by atoms with Crippen molar-refractivity contribution in [1.82, 2.24) is 15.3 Å². The summed E-state index contributed by atoms with van der Waals surface area (Å²) in [5.74, 6) is 0.436. The lowest BCUT2D eigenvalue weighted by Crippen LogP contribution is -2.26. The van der Waals surface area contributed by atoms with Crippen LogP contribution in [0.15, 0.2) is 40.2 Å². The molecule has 0 saturated heterocycles. The van der Waals surface area contributed by atoms with Crippen LogP contribution in [0.3, 0.4) is 0 Å². The van der Waals surface area contributed by atoms with Crippen molar-refractivity contribution in [3.05, 3.63) is 35.0 Å².